The molecule has 2 N–H and O–H groups in total. The van der Waals surface area contributed by atoms with E-state index in [9.17, 15) is 4.79 Å². The molecule has 1 saturated heterocycles. The molecule has 2 rings (SSSR count). The summed E-state index contributed by atoms with van der Waals surface area (Å²) in [5, 5.41) is 6.66. The first-order valence-corrected chi connectivity index (χ1v) is 6.96. The van der Waals surface area contributed by atoms with Crippen molar-refractivity contribution < 1.29 is 4.79 Å². The molecule has 0 radical (unpaired) electrons. The highest BCUT2D eigenvalue weighted by atomic mass is 16.2. The Balaban J connectivity index is 1.96. The van der Waals surface area contributed by atoms with Gasteiger partial charge in [0.1, 0.15) is 0 Å². The van der Waals surface area contributed by atoms with Crippen molar-refractivity contribution in [2.75, 3.05) is 13.1 Å². The number of hydrogen-bond donors (Lipinski definition) is 2. The minimum absolute atomic E-state index is 0.0149. The highest BCUT2D eigenvalue weighted by molar-refractivity contribution is 5.80. The van der Waals surface area contributed by atoms with Crippen LogP contribution in [0.5, 0.6) is 0 Å². The van der Waals surface area contributed by atoms with Crippen LogP contribution in [0.15, 0.2) is 0 Å². The Morgan fingerprint density at radius 1 is 1.18 bits per heavy atom. The van der Waals surface area contributed by atoms with Crippen LogP contribution in [0.3, 0.4) is 0 Å². The first-order valence-electron chi connectivity index (χ1n) is 6.96. The van der Waals surface area contributed by atoms with E-state index in [1.54, 1.807) is 0 Å². The Bertz CT molecular complexity index is 293. The third-order valence-electron chi connectivity index (χ3n) is 4.71. The number of amides is 1. The molecule has 1 aliphatic heterocycles. The first-order chi connectivity index (χ1) is 7.93. The lowest BCUT2D eigenvalue weighted by molar-refractivity contribution is -0.129. The average molecular weight is 238 g/mol. The number of piperidine rings is 1. The predicted molar refractivity (Wildman–Crippen MR) is 69.8 cm³/mol. The van der Waals surface area contributed by atoms with Gasteiger partial charge in [-0.1, -0.05) is 20.3 Å². The van der Waals surface area contributed by atoms with Crippen LogP contribution in [0.1, 0.15) is 52.9 Å². The molecule has 1 aliphatic carbocycles. The van der Waals surface area contributed by atoms with E-state index < -0.39 is 0 Å². The van der Waals surface area contributed by atoms with Crippen molar-refractivity contribution in [2.45, 2.75) is 58.4 Å². The van der Waals surface area contributed by atoms with Crippen LogP contribution in [-0.2, 0) is 4.79 Å². The molecule has 2 aliphatic rings. The molecule has 3 nitrogen and oxygen atoms in total. The minimum atomic E-state index is 0.0149. The molecule has 1 atom stereocenters. The van der Waals surface area contributed by atoms with E-state index >= 15 is 0 Å². The van der Waals surface area contributed by atoms with Crippen LogP contribution in [0.4, 0.5) is 0 Å². The average Bonchev–Trinajstić information content (AvgIpc) is 2.58. The summed E-state index contributed by atoms with van der Waals surface area (Å²) in [5.41, 5.74) is 0.203. The summed E-state index contributed by atoms with van der Waals surface area (Å²) in [7, 11) is 0. The zero-order chi connectivity index (χ0) is 12.5. The minimum Gasteiger partial charge on any atom is -0.351 e. The molecule has 17 heavy (non-hydrogen) atoms. The summed E-state index contributed by atoms with van der Waals surface area (Å²) in [6.07, 6.45) is 5.54. The molecule has 1 saturated carbocycles. The van der Waals surface area contributed by atoms with Crippen molar-refractivity contribution in [1.82, 2.24) is 10.6 Å². The van der Waals surface area contributed by atoms with Crippen molar-refractivity contribution in [3.63, 3.8) is 0 Å². The maximum atomic E-state index is 12.4. The lowest BCUT2D eigenvalue weighted by Crippen LogP contribution is -2.54. The third-order valence-corrected chi connectivity index (χ3v) is 4.71. The molecule has 1 amide bonds. The molecule has 3 heteroatoms. The molecule has 1 heterocycles. The predicted octanol–water partition coefficient (Wildman–Crippen LogP) is 2.07. The topological polar surface area (TPSA) is 41.1 Å². The molecule has 0 bridgehead atoms. The van der Waals surface area contributed by atoms with Crippen LogP contribution in [0.2, 0.25) is 0 Å². The Hall–Kier alpha value is -0.570. The van der Waals surface area contributed by atoms with Gasteiger partial charge in [0.2, 0.25) is 5.91 Å². The van der Waals surface area contributed by atoms with E-state index in [0.29, 0.717) is 0 Å². The summed E-state index contributed by atoms with van der Waals surface area (Å²) in [6.45, 7) is 8.69. The Labute approximate surface area is 105 Å². The molecule has 98 valence electrons. The second kappa shape index (κ2) is 4.60. The fourth-order valence-corrected chi connectivity index (χ4v) is 3.30. The molecule has 0 aromatic rings. The van der Waals surface area contributed by atoms with E-state index in [1.807, 2.05) is 0 Å². The van der Waals surface area contributed by atoms with Crippen molar-refractivity contribution in [3.8, 4) is 0 Å². The molecule has 1 unspecified atom stereocenters. The maximum absolute atomic E-state index is 12.4. The summed E-state index contributed by atoms with van der Waals surface area (Å²) >= 11 is 0. The monoisotopic (exact) mass is 238 g/mol. The largest absolute Gasteiger partial charge is 0.351 e. The highest BCUT2D eigenvalue weighted by Crippen LogP contribution is 2.42. The lowest BCUT2D eigenvalue weighted by atomic mass is 9.80. The SMILES string of the molecule is CC1(NC(=O)C2CCCC2(C)C)CCNCC1. The standard InChI is InChI=1S/C14H26N2O/c1-13(2)6-4-5-11(13)12(17)16-14(3)7-9-15-10-8-14/h11,15H,4-10H2,1-3H3,(H,16,17). The van der Waals surface area contributed by atoms with Gasteiger partial charge in [0, 0.05) is 11.5 Å². The Kier molecular flexibility index (Phi) is 3.48. The fraction of sp³-hybridized carbons (Fsp3) is 0.929. The maximum Gasteiger partial charge on any atom is 0.224 e. The third kappa shape index (κ3) is 2.82. The van der Waals surface area contributed by atoms with E-state index in [1.165, 1.54) is 12.8 Å². The second-order valence-corrected chi connectivity index (χ2v) is 6.73. The molecule has 0 spiro atoms. The van der Waals surface area contributed by atoms with E-state index in [4.69, 9.17) is 0 Å². The van der Waals surface area contributed by atoms with Crippen molar-refractivity contribution in [2.24, 2.45) is 11.3 Å². The number of hydrogen-bond acceptors (Lipinski definition) is 2. The smallest absolute Gasteiger partial charge is 0.224 e. The second-order valence-electron chi connectivity index (χ2n) is 6.73. The van der Waals surface area contributed by atoms with Gasteiger partial charge in [-0.05, 0) is 51.1 Å². The summed E-state index contributed by atoms with van der Waals surface area (Å²) in [6, 6.07) is 0. The highest BCUT2D eigenvalue weighted by Gasteiger charge is 2.41. The molecular weight excluding hydrogens is 212 g/mol. The van der Waals surface area contributed by atoms with Crippen LogP contribution in [0, 0.1) is 11.3 Å². The van der Waals surface area contributed by atoms with Gasteiger partial charge in [0.05, 0.1) is 0 Å². The first kappa shape index (κ1) is 12.9. The molecule has 2 fully saturated rings. The zero-order valence-electron chi connectivity index (χ0n) is 11.4. The normalized spacial score (nSPS) is 31.1. The number of carbonyl (C=O) groups excluding carboxylic acids is 1. The summed E-state index contributed by atoms with van der Waals surface area (Å²) < 4.78 is 0. The van der Waals surface area contributed by atoms with E-state index in [2.05, 4.69) is 31.4 Å². The number of nitrogens with one attached hydrogen (secondary N) is 2. The van der Waals surface area contributed by atoms with Crippen molar-refractivity contribution in [1.29, 1.82) is 0 Å². The molecule has 0 aromatic heterocycles. The van der Waals surface area contributed by atoms with Crippen LogP contribution in [-0.4, -0.2) is 24.5 Å². The zero-order valence-corrected chi connectivity index (χ0v) is 11.4. The van der Waals surface area contributed by atoms with Gasteiger partial charge in [0.25, 0.3) is 0 Å². The van der Waals surface area contributed by atoms with Crippen molar-refractivity contribution >= 4 is 5.91 Å². The van der Waals surface area contributed by atoms with Gasteiger partial charge in [-0.25, -0.2) is 0 Å². The van der Waals surface area contributed by atoms with E-state index in [-0.39, 0.29) is 22.8 Å². The van der Waals surface area contributed by atoms with E-state index in [0.717, 1.165) is 32.4 Å². The van der Waals surface area contributed by atoms with Gasteiger partial charge >= 0.3 is 0 Å². The van der Waals surface area contributed by atoms with Crippen molar-refractivity contribution in [3.05, 3.63) is 0 Å². The Morgan fingerprint density at radius 2 is 1.82 bits per heavy atom. The van der Waals surface area contributed by atoms with Crippen LogP contribution >= 0.6 is 0 Å². The summed E-state index contributed by atoms with van der Waals surface area (Å²) in [5.74, 6) is 0.506. The van der Waals surface area contributed by atoms with Gasteiger partial charge in [0.15, 0.2) is 0 Å². The molecule has 0 aromatic carbocycles. The van der Waals surface area contributed by atoms with Gasteiger partial charge in [-0.15, -0.1) is 0 Å². The number of rotatable bonds is 2. The fourth-order valence-electron chi connectivity index (χ4n) is 3.30. The number of carbonyl (C=O) groups is 1. The van der Waals surface area contributed by atoms with Gasteiger partial charge in [-0.2, -0.15) is 0 Å². The lowest BCUT2D eigenvalue weighted by Gasteiger charge is -2.37. The van der Waals surface area contributed by atoms with Gasteiger partial charge < -0.3 is 10.6 Å². The van der Waals surface area contributed by atoms with Crippen LogP contribution < -0.4 is 10.6 Å². The quantitative estimate of drug-likeness (QED) is 0.773. The molecular formula is C14H26N2O. The Morgan fingerprint density at radius 3 is 2.35 bits per heavy atom. The van der Waals surface area contributed by atoms with Crippen LogP contribution in [0.25, 0.3) is 0 Å². The summed E-state index contributed by atoms with van der Waals surface area (Å²) in [4.78, 5) is 12.4. The van der Waals surface area contributed by atoms with Gasteiger partial charge in [-0.3, -0.25) is 4.79 Å².